The molecule has 0 radical (unpaired) electrons. The number of anilines is 1. The largest absolute Gasteiger partial charge is 0.462 e. The predicted octanol–water partition coefficient (Wildman–Crippen LogP) is 3.08. The van der Waals surface area contributed by atoms with Crippen LogP contribution in [0.25, 0.3) is 0 Å². The highest BCUT2D eigenvalue weighted by atomic mass is 16.5. The minimum atomic E-state index is -0.153. The average Bonchev–Trinajstić information content (AvgIpc) is 2.61. The van der Waals surface area contributed by atoms with Gasteiger partial charge in [-0.05, 0) is 37.3 Å². The molecule has 1 aromatic carbocycles. The molecule has 3 heteroatoms. The third-order valence-corrected chi connectivity index (χ3v) is 3.49. The Balaban J connectivity index is 1.86. The molecule has 3 nitrogen and oxygen atoms in total. The van der Waals surface area contributed by atoms with Crippen LogP contribution in [-0.4, -0.2) is 12.1 Å². The van der Waals surface area contributed by atoms with Crippen LogP contribution in [0.2, 0.25) is 0 Å². The van der Waals surface area contributed by atoms with E-state index in [1.165, 1.54) is 25.7 Å². The molecule has 1 aliphatic rings. The number of hydrogen-bond donors (Lipinski definition) is 1. The van der Waals surface area contributed by atoms with Crippen molar-refractivity contribution in [2.75, 3.05) is 5.73 Å². The van der Waals surface area contributed by atoms with Crippen molar-refractivity contribution in [1.29, 1.82) is 0 Å². The van der Waals surface area contributed by atoms with Gasteiger partial charge in [-0.3, -0.25) is 4.79 Å². The summed E-state index contributed by atoms with van der Waals surface area (Å²) in [6.07, 6.45) is 7.29. The van der Waals surface area contributed by atoms with Crippen LogP contribution in [0.3, 0.4) is 0 Å². The molecule has 0 unspecified atom stereocenters. The van der Waals surface area contributed by atoms with Crippen molar-refractivity contribution in [1.82, 2.24) is 0 Å². The molecule has 2 rings (SSSR count). The molecular formula is C15H21NO2. The fourth-order valence-electron chi connectivity index (χ4n) is 2.44. The second-order valence-corrected chi connectivity index (χ2v) is 4.98. The van der Waals surface area contributed by atoms with Gasteiger partial charge in [0.2, 0.25) is 0 Å². The van der Waals surface area contributed by atoms with E-state index in [2.05, 4.69) is 0 Å². The van der Waals surface area contributed by atoms with Crippen LogP contribution in [0.1, 0.15) is 44.1 Å². The van der Waals surface area contributed by atoms with Crippen molar-refractivity contribution < 1.29 is 9.53 Å². The Morgan fingerprint density at radius 3 is 2.50 bits per heavy atom. The molecule has 0 aliphatic heterocycles. The lowest BCUT2D eigenvalue weighted by Crippen LogP contribution is -2.19. The summed E-state index contributed by atoms with van der Waals surface area (Å²) in [6.45, 7) is 0. The number of para-hydroxylation sites is 1. The summed E-state index contributed by atoms with van der Waals surface area (Å²) in [4.78, 5) is 11.9. The maximum Gasteiger partial charge on any atom is 0.310 e. The normalized spacial score (nSPS) is 17.1. The zero-order chi connectivity index (χ0) is 12.8. The van der Waals surface area contributed by atoms with Gasteiger partial charge in [0, 0.05) is 5.69 Å². The molecule has 0 amide bonds. The number of ether oxygens (including phenoxy) is 1. The van der Waals surface area contributed by atoms with Gasteiger partial charge in [0.05, 0.1) is 6.42 Å². The molecule has 2 N–H and O–H groups in total. The smallest absolute Gasteiger partial charge is 0.310 e. The Hall–Kier alpha value is -1.51. The first-order valence-corrected chi connectivity index (χ1v) is 6.78. The average molecular weight is 247 g/mol. The molecule has 1 fully saturated rings. The second kappa shape index (κ2) is 6.43. The van der Waals surface area contributed by atoms with Crippen LogP contribution >= 0.6 is 0 Å². The Bertz CT molecular complexity index is 395. The Kier molecular flexibility index (Phi) is 4.62. The van der Waals surface area contributed by atoms with Gasteiger partial charge in [0.1, 0.15) is 6.10 Å². The van der Waals surface area contributed by atoms with Crippen LogP contribution in [-0.2, 0) is 16.0 Å². The van der Waals surface area contributed by atoms with E-state index in [-0.39, 0.29) is 18.5 Å². The predicted molar refractivity (Wildman–Crippen MR) is 72.1 cm³/mol. The third kappa shape index (κ3) is 3.76. The lowest BCUT2D eigenvalue weighted by molar-refractivity contribution is -0.148. The molecule has 98 valence electrons. The van der Waals surface area contributed by atoms with Crippen molar-refractivity contribution in [3.05, 3.63) is 29.8 Å². The number of nitrogen functional groups attached to an aromatic ring is 1. The lowest BCUT2D eigenvalue weighted by atomic mass is 10.1. The summed E-state index contributed by atoms with van der Waals surface area (Å²) >= 11 is 0. The van der Waals surface area contributed by atoms with Gasteiger partial charge in [-0.2, -0.15) is 0 Å². The minimum absolute atomic E-state index is 0.116. The molecule has 0 atom stereocenters. The van der Waals surface area contributed by atoms with Crippen molar-refractivity contribution in [3.63, 3.8) is 0 Å². The zero-order valence-electron chi connectivity index (χ0n) is 10.7. The molecule has 0 bridgehead atoms. The number of esters is 1. The highest BCUT2D eigenvalue weighted by molar-refractivity contribution is 5.75. The SMILES string of the molecule is Nc1ccccc1CC(=O)OC1CCCCCC1. The molecule has 18 heavy (non-hydrogen) atoms. The van der Waals surface area contributed by atoms with E-state index in [1.807, 2.05) is 24.3 Å². The molecular weight excluding hydrogens is 226 g/mol. The Morgan fingerprint density at radius 2 is 1.83 bits per heavy atom. The first-order valence-electron chi connectivity index (χ1n) is 6.78. The molecule has 0 heterocycles. The van der Waals surface area contributed by atoms with Crippen LogP contribution in [0.4, 0.5) is 5.69 Å². The summed E-state index contributed by atoms with van der Waals surface area (Å²) in [6, 6.07) is 7.46. The van der Waals surface area contributed by atoms with E-state index in [4.69, 9.17) is 10.5 Å². The van der Waals surface area contributed by atoms with Gasteiger partial charge >= 0.3 is 5.97 Å². The Labute approximate surface area is 108 Å². The van der Waals surface area contributed by atoms with Crippen LogP contribution in [0.5, 0.6) is 0 Å². The first-order chi connectivity index (χ1) is 8.75. The summed E-state index contributed by atoms with van der Waals surface area (Å²) in [7, 11) is 0. The number of carbonyl (C=O) groups is 1. The number of nitrogens with two attached hydrogens (primary N) is 1. The van der Waals surface area contributed by atoms with Crippen molar-refractivity contribution in [2.24, 2.45) is 0 Å². The van der Waals surface area contributed by atoms with E-state index in [0.29, 0.717) is 5.69 Å². The summed E-state index contributed by atoms with van der Waals surface area (Å²) in [5.41, 5.74) is 7.34. The van der Waals surface area contributed by atoms with E-state index in [1.54, 1.807) is 0 Å². The summed E-state index contributed by atoms with van der Waals surface area (Å²) in [5.74, 6) is -0.153. The summed E-state index contributed by atoms with van der Waals surface area (Å²) in [5, 5.41) is 0. The number of hydrogen-bond acceptors (Lipinski definition) is 3. The van der Waals surface area contributed by atoms with Crippen LogP contribution < -0.4 is 5.73 Å². The van der Waals surface area contributed by atoms with E-state index >= 15 is 0 Å². The monoisotopic (exact) mass is 247 g/mol. The maximum atomic E-state index is 11.9. The fourth-order valence-corrected chi connectivity index (χ4v) is 2.44. The topological polar surface area (TPSA) is 52.3 Å². The fraction of sp³-hybridized carbons (Fsp3) is 0.533. The number of carbonyl (C=O) groups excluding carboxylic acids is 1. The molecule has 0 spiro atoms. The lowest BCUT2D eigenvalue weighted by Gasteiger charge is -2.15. The van der Waals surface area contributed by atoms with Gasteiger partial charge in [-0.15, -0.1) is 0 Å². The quantitative estimate of drug-likeness (QED) is 0.507. The van der Waals surface area contributed by atoms with E-state index < -0.39 is 0 Å². The second-order valence-electron chi connectivity index (χ2n) is 4.98. The van der Waals surface area contributed by atoms with E-state index in [9.17, 15) is 4.79 Å². The molecule has 1 saturated carbocycles. The maximum absolute atomic E-state index is 11.9. The standard InChI is InChI=1S/C15H21NO2/c16-14-10-6-5-7-12(14)11-15(17)18-13-8-3-1-2-4-9-13/h5-7,10,13H,1-4,8-9,11,16H2. The molecule has 1 aliphatic carbocycles. The molecule has 0 saturated heterocycles. The van der Waals surface area contributed by atoms with Gasteiger partial charge in [-0.25, -0.2) is 0 Å². The van der Waals surface area contributed by atoms with Crippen LogP contribution in [0, 0.1) is 0 Å². The van der Waals surface area contributed by atoms with Gasteiger partial charge in [0.15, 0.2) is 0 Å². The highest BCUT2D eigenvalue weighted by Gasteiger charge is 2.17. The highest BCUT2D eigenvalue weighted by Crippen LogP contribution is 2.20. The number of benzene rings is 1. The van der Waals surface area contributed by atoms with Gasteiger partial charge < -0.3 is 10.5 Å². The van der Waals surface area contributed by atoms with Crippen LogP contribution in [0.15, 0.2) is 24.3 Å². The third-order valence-electron chi connectivity index (χ3n) is 3.49. The van der Waals surface area contributed by atoms with Crippen molar-refractivity contribution >= 4 is 11.7 Å². The molecule has 1 aromatic rings. The molecule has 0 aromatic heterocycles. The zero-order valence-corrected chi connectivity index (χ0v) is 10.7. The number of rotatable bonds is 3. The van der Waals surface area contributed by atoms with Crippen molar-refractivity contribution in [2.45, 2.75) is 51.0 Å². The van der Waals surface area contributed by atoms with Gasteiger partial charge in [-0.1, -0.05) is 31.0 Å². The van der Waals surface area contributed by atoms with E-state index in [0.717, 1.165) is 18.4 Å². The minimum Gasteiger partial charge on any atom is -0.462 e. The van der Waals surface area contributed by atoms with Gasteiger partial charge in [0.25, 0.3) is 0 Å². The van der Waals surface area contributed by atoms with Crippen molar-refractivity contribution in [3.8, 4) is 0 Å². The Morgan fingerprint density at radius 1 is 1.17 bits per heavy atom. The first kappa shape index (κ1) is 12.9. The summed E-state index contributed by atoms with van der Waals surface area (Å²) < 4.78 is 5.54.